The van der Waals surface area contributed by atoms with E-state index in [0.29, 0.717) is 5.91 Å². The lowest BCUT2D eigenvalue weighted by Crippen LogP contribution is -2.31. The van der Waals surface area contributed by atoms with Crippen LogP contribution in [0.5, 0.6) is 0 Å². The number of carbonyl (C=O) groups excluding carboxylic acids is 1. The van der Waals surface area contributed by atoms with Crippen molar-refractivity contribution < 1.29 is 4.79 Å². The molecule has 114 valence electrons. The second-order valence-corrected chi connectivity index (χ2v) is 5.69. The molecule has 1 atom stereocenters. The number of amides is 1. The zero-order chi connectivity index (χ0) is 14.3. The summed E-state index contributed by atoms with van der Waals surface area (Å²) >= 11 is 0. The summed E-state index contributed by atoms with van der Waals surface area (Å²) in [5.74, 6) is 0.571. The zero-order valence-electron chi connectivity index (χ0n) is 13.5. The van der Waals surface area contributed by atoms with Crippen LogP contribution in [0.2, 0.25) is 0 Å². The SMILES string of the molecule is CCCCCCC(CCCCC)C(=O)NCCCC. The van der Waals surface area contributed by atoms with Gasteiger partial charge in [0.2, 0.25) is 5.91 Å². The smallest absolute Gasteiger partial charge is 0.223 e. The van der Waals surface area contributed by atoms with Gasteiger partial charge in [-0.1, -0.05) is 72.1 Å². The first-order valence-corrected chi connectivity index (χ1v) is 8.53. The maximum Gasteiger partial charge on any atom is 0.223 e. The molecule has 0 aliphatic rings. The van der Waals surface area contributed by atoms with Crippen LogP contribution < -0.4 is 5.32 Å². The van der Waals surface area contributed by atoms with E-state index in [0.717, 1.165) is 32.2 Å². The molecule has 0 aliphatic carbocycles. The largest absolute Gasteiger partial charge is 0.356 e. The van der Waals surface area contributed by atoms with E-state index in [1.165, 1.54) is 44.9 Å². The minimum atomic E-state index is 0.264. The van der Waals surface area contributed by atoms with Crippen molar-refractivity contribution in [2.75, 3.05) is 6.54 Å². The molecule has 0 rings (SSSR count). The Hall–Kier alpha value is -0.530. The molecule has 0 aromatic rings. The van der Waals surface area contributed by atoms with Crippen molar-refractivity contribution in [3.8, 4) is 0 Å². The van der Waals surface area contributed by atoms with Crippen molar-refractivity contribution in [3.05, 3.63) is 0 Å². The first-order valence-electron chi connectivity index (χ1n) is 8.53. The van der Waals surface area contributed by atoms with Crippen LogP contribution >= 0.6 is 0 Å². The molecule has 0 aromatic carbocycles. The fraction of sp³-hybridized carbons (Fsp3) is 0.941. The first-order chi connectivity index (χ1) is 9.26. The molecule has 2 heteroatoms. The predicted octanol–water partition coefficient (Wildman–Crippen LogP) is 5.07. The molecule has 1 amide bonds. The predicted molar refractivity (Wildman–Crippen MR) is 84.3 cm³/mol. The fourth-order valence-electron chi connectivity index (χ4n) is 2.40. The number of hydrogen-bond donors (Lipinski definition) is 1. The molecule has 19 heavy (non-hydrogen) atoms. The highest BCUT2D eigenvalue weighted by atomic mass is 16.1. The summed E-state index contributed by atoms with van der Waals surface area (Å²) < 4.78 is 0. The second-order valence-electron chi connectivity index (χ2n) is 5.69. The van der Waals surface area contributed by atoms with Crippen LogP contribution in [0.15, 0.2) is 0 Å². The summed E-state index contributed by atoms with van der Waals surface area (Å²) in [6, 6.07) is 0. The number of nitrogens with one attached hydrogen (secondary N) is 1. The highest BCUT2D eigenvalue weighted by Crippen LogP contribution is 2.18. The van der Waals surface area contributed by atoms with Gasteiger partial charge in [-0.3, -0.25) is 4.79 Å². The van der Waals surface area contributed by atoms with Crippen molar-refractivity contribution in [2.24, 2.45) is 5.92 Å². The third kappa shape index (κ3) is 11.0. The van der Waals surface area contributed by atoms with E-state index in [2.05, 4.69) is 26.1 Å². The Morgan fingerprint density at radius 2 is 1.32 bits per heavy atom. The van der Waals surface area contributed by atoms with E-state index in [1.807, 2.05) is 0 Å². The molecule has 0 aliphatic heterocycles. The lowest BCUT2D eigenvalue weighted by atomic mass is 9.94. The van der Waals surface area contributed by atoms with Gasteiger partial charge in [0.1, 0.15) is 0 Å². The average Bonchev–Trinajstić information content (AvgIpc) is 2.41. The van der Waals surface area contributed by atoms with Gasteiger partial charge in [-0.2, -0.15) is 0 Å². The summed E-state index contributed by atoms with van der Waals surface area (Å²) in [6.07, 6.45) is 13.2. The van der Waals surface area contributed by atoms with E-state index in [-0.39, 0.29) is 5.92 Å². The highest BCUT2D eigenvalue weighted by Gasteiger charge is 2.16. The Morgan fingerprint density at radius 3 is 1.89 bits per heavy atom. The highest BCUT2D eigenvalue weighted by molar-refractivity contribution is 5.78. The van der Waals surface area contributed by atoms with Crippen molar-refractivity contribution in [3.63, 3.8) is 0 Å². The third-order valence-electron chi connectivity index (χ3n) is 3.76. The van der Waals surface area contributed by atoms with Crippen molar-refractivity contribution in [2.45, 2.75) is 91.4 Å². The number of hydrogen-bond acceptors (Lipinski definition) is 1. The molecule has 1 N–H and O–H groups in total. The maximum absolute atomic E-state index is 12.2. The molecule has 0 spiro atoms. The monoisotopic (exact) mass is 269 g/mol. The van der Waals surface area contributed by atoms with Gasteiger partial charge in [0.15, 0.2) is 0 Å². The van der Waals surface area contributed by atoms with Crippen LogP contribution in [0.1, 0.15) is 91.4 Å². The second kappa shape index (κ2) is 13.9. The molecule has 1 unspecified atom stereocenters. The van der Waals surface area contributed by atoms with Gasteiger partial charge in [-0.05, 0) is 19.3 Å². The standard InChI is InChI=1S/C17H35NO/c1-4-7-10-12-14-16(13-11-8-5-2)17(19)18-15-9-6-3/h16H,4-15H2,1-3H3,(H,18,19). The van der Waals surface area contributed by atoms with E-state index in [4.69, 9.17) is 0 Å². The molecular formula is C17H35NO. The van der Waals surface area contributed by atoms with Gasteiger partial charge in [0.05, 0.1) is 0 Å². The molecule has 0 radical (unpaired) electrons. The lowest BCUT2D eigenvalue weighted by molar-refractivity contribution is -0.125. The van der Waals surface area contributed by atoms with Crippen LogP contribution in [-0.4, -0.2) is 12.5 Å². The van der Waals surface area contributed by atoms with Crippen LogP contribution in [0.4, 0.5) is 0 Å². The van der Waals surface area contributed by atoms with Gasteiger partial charge in [-0.25, -0.2) is 0 Å². The van der Waals surface area contributed by atoms with Crippen molar-refractivity contribution in [1.29, 1.82) is 0 Å². The molecular weight excluding hydrogens is 234 g/mol. The van der Waals surface area contributed by atoms with E-state index in [9.17, 15) is 4.79 Å². The molecule has 0 bridgehead atoms. The first kappa shape index (κ1) is 18.5. The number of unbranched alkanes of at least 4 members (excludes halogenated alkanes) is 6. The van der Waals surface area contributed by atoms with Gasteiger partial charge >= 0.3 is 0 Å². The molecule has 0 aromatic heterocycles. The van der Waals surface area contributed by atoms with E-state index in [1.54, 1.807) is 0 Å². The minimum Gasteiger partial charge on any atom is -0.356 e. The lowest BCUT2D eigenvalue weighted by Gasteiger charge is -2.16. The normalized spacial score (nSPS) is 12.4. The average molecular weight is 269 g/mol. The van der Waals surface area contributed by atoms with Crippen LogP contribution in [0.25, 0.3) is 0 Å². The van der Waals surface area contributed by atoms with E-state index >= 15 is 0 Å². The molecule has 0 saturated heterocycles. The van der Waals surface area contributed by atoms with Gasteiger partial charge in [0.25, 0.3) is 0 Å². The van der Waals surface area contributed by atoms with Crippen LogP contribution in [-0.2, 0) is 4.79 Å². The molecule has 0 fully saturated rings. The fourth-order valence-corrected chi connectivity index (χ4v) is 2.40. The van der Waals surface area contributed by atoms with Crippen LogP contribution in [0, 0.1) is 5.92 Å². The van der Waals surface area contributed by atoms with Gasteiger partial charge < -0.3 is 5.32 Å². The maximum atomic E-state index is 12.2. The van der Waals surface area contributed by atoms with Gasteiger partial charge in [0, 0.05) is 12.5 Å². The topological polar surface area (TPSA) is 29.1 Å². The van der Waals surface area contributed by atoms with Crippen LogP contribution in [0.3, 0.4) is 0 Å². The molecule has 2 nitrogen and oxygen atoms in total. The molecule has 0 heterocycles. The summed E-state index contributed by atoms with van der Waals surface area (Å²) in [6.45, 7) is 7.47. The van der Waals surface area contributed by atoms with E-state index < -0.39 is 0 Å². The minimum absolute atomic E-state index is 0.264. The Kier molecular flexibility index (Phi) is 13.5. The number of carbonyl (C=O) groups is 1. The van der Waals surface area contributed by atoms with Crippen molar-refractivity contribution in [1.82, 2.24) is 5.32 Å². The third-order valence-corrected chi connectivity index (χ3v) is 3.76. The summed E-state index contributed by atoms with van der Waals surface area (Å²) in [5.41, 5.74) is 0. The zero-order valence-corrected chi connectivity index (χ0v) is 13.5. The molecule has 0 saturated carbocycles. The Labute approximate surface area is 120 Å². The Balaban J connectivity index is 3.96. The Morgan fingerprint density at radius 1 is 0.789 bits per heavy atom. The number of rotatable bonds is 13. The van der Waals surface area contributed by atoms with Gasteiger partial charge in [-0.15, -0.1) is 0 Å². The summed E-state index contributed by atoms with van der Waals surface area (Å²) in [5, 5.41) is 3.11. The summed E-state index contributed by atoms with van der Waals surface area (Å²) in [7, 11) is 0. The van der Waals surface area contributed by atoms with Crippen molar-refractivity contribution >= 4 is 5.91 Å². The Bertz CT molecular complexity index is 203. The quantitative estimate of drug-likeness (QED) is 0.465. The summed E-state index contributed by atoms with van der Waals surface area (Å²) in [4.78, 5) is 12.2.